The number of amides is 1. The monoisotopic (exact) mass is 348 g/mol. The molecule has 1 aliphatic rings. The van der Waals surface area contributed by atoms with Gasteiger partial charge in [-0.1, -0.05) is 0 Å². The van der Waals surface area contributed by atoms with Crippen molar-refractivity contribution in [2.45, 2.75) is 39.0 Å². The van der Waals surface area contributed by atoms with Crippen molar-refractivity contribution in [2.24, 2.45) is 0 Å². The lowest BCUT2D eigenvalue weighted by Gasteiger charge is -2.31. The van der Waals surface area contributed by atoms with Crippen molar-refractivity contribution >= 4 is 16.9 Å². The van der Waals surface area contributed by atoms with Crippen LogP contribution in [0.15, 0.2) is 18.2 Å². The predicted molar refractivity (Wildman–Crippen MR) is 93.5 cm³/mol. The maximum atomic E-state index is 13.4. The second-order valence-electron chi connectivity index (χ2n) is 6.69. The molecule has 2 aromatic rings. The highest BCUT2D eigenvalue weighted by atomic mass is 19.1. The molecule has 6 nitrogen and oxygen atoms in total. The number of hydrogen-bond acceptors (Lipinski definition) is 4. The first-order valence-corrected chi connectivity index (χ1v) is 8.77. The van der Waals surface area contributed by atoms with Gasteiger partial charge in [0.1, 0.15) is 11.6 Å². The van der Waals surface area contributed by atoms with Gasteiger partial charge in [-0.25, -0.2) is 9.37 Å². The standard InChI is InChI=1S/C18H25FN4O2/c1-3-23-16-5-4-13(19)10-15(16)20-17(23)11-21(2)12-18(25)22-8-6-14(24)7-9-22/h4-5,10,14,24H,3,6-9,11-12H2,1-2H3. The third-order valence-corrected chi connectivity index (χ3v) is 4.74. The molecule has 0 bridgehead atoms. The van der Waals surface area contributed by atoms with Gasteiger partial charge in [-0.3, -0.25) is 9.69 Å². The maximum Gasteiger partial charge on any atom is 0.236 e. The summed E-state index contributed by atoms with van der Waals surface area (Å²) in [6.45, 7) is 4.81. The van der Waals surface area contributed by atoms with E-state index >= 15 is 0 Å². The van der Waals surface area contributed by atoms with Crippen molar-refractivity contribution in [1.29, 1.82) is 0 Å². The van der Waals surface area contributed by atoms with Crippen LogP contribution in [0.1, 0.15) is 25.6 Å². The van der Waals surface area contributed by atoms with Crippen LogP contribution in [0.2, 0.25) is 0 Å². The summed E-state index contributed by atoms with van der Waals surface area (Å²) in [4.78, 5) is 20.7. The van der Waals surface area contributed by atoms with E-state index in [1.54, 1.807) is 11.0 Å². The maximum absolute atomic E-state index is 13.4. The van der Waals surface area contributed by atoms with Gasteiger partial charge in [-0.05, 0) is 38.9 Å². The average Bonchev–Trinajstić information content (AvgIpc) is 2.90. The van der Waals surface area contributed by atoms with Gasteiger partial charge in [0, 0.05) is 25.7 Å². The van der Waals surface area contributed by atoms with Crippen LogP contribution in [-0.2, 0) is 17.9 Å². The zero-order valence-electron chi connectivity index (χ0n) is 14.8. The molecule has 0 saturated carbocycles. The molecule has 0 aliphatic carbocycles. The lowest BCUT2D eigenvalue weighted by molar-refractivity contribution is -0.134. The Morgan fingerprint density at radius 1 is 1.40 bits per heavy atom. The quantitative estimate of drug-likeness (QED) is 0.892. The molecule has 25 heavy (non-hydrogen) atoms. The zero-order valence-corrected chi connectivity index (χ0v) is 14.8. The molecule has 1 saturated heterocycles. The molecule has 1 amide bonds. The summed E-state index contributed by atoms with van der Waals surface area (Å²) >= 11 is 0. The molecule has 136 valence electrons. The molecule has 1 aromatic carbocycles. The molecular formula is C18H25FN4O2. The van der Waals surface area contributed by atoms with E-state index in [1.165, 1.54) is 12.1 Å². The fraction of sp³-hybridized carbons (Fsp3) is 0.556. The van der Waals surface area contributed by atoms with E-state index in [4.69, 9.17) is 0 Å². The second kappa shape index (κ2) is 7.49. The lowest BCUT2D eigenvalue weighted by atomic mass is 10.1. The Balaban J connectivity index is 1.67. The number of aliphatic hydroxyl groups excluding tert-OH is 1. The fourth-order valence-corrected chi connectivity index (χ4v) is 3.37. The molecule has 3 rings (SSSR count). The van der Waals surface area contributed by atoms with E-state index in [2.05, 4.69) is 4.98 Å². The van der Waals surface area contributed by atoms with E-state index in [0.717, 1.165) is 17.9 Å². The van der Waals surface area contributed by atoms with Crippen LogP contribution >= 0.6 is 0 Å². The van der Waals surface area contributed by atoms with Crippen molar-refractivity contribution in [3.05, 3.63) is 29.8 Å². The number of hydrogen-bond donors (Lipinski definition) is 1. The van der Waals surface area contributed by atoms with Crippen LogP contribution in [0.4, 0.5) is 4.39 Å². The number of halogens is 1. The zero-order chi connectivity index (χ0) is 18.0. The molecule has 1 aliphatic heterocycles. The number of carbonyl (C=O) groups is 1. The summed E-state index contributed by atoms with van der Waals surface area (Å²) in [5.74, 6) is 0.600. The molecule has 1 N–H and O–H groups in total. The smallest absolute Gasteiger partial charge is 0.236 e. The van der Waals surface area contributed by atoms with Crippen LogP contribution < -0.4 is 0 Å². The summed E-state index contributed by atoms with van der Waals surface area (Å²) in [6, 6.07) is 4.63. The molecule has 0 atom stereocenters. The van der Waals surface area contributed by atoms with Gasteiger partial charge in [-0.2, -0.15) is 0 Å². The number of nitrogens with zero attached hydrogens (tertiary/aromatic N) is 4. The molecule has 1 aromatic heterocycles. The van der Waals surface area contributed by atoms with Gasteiger partial charge in [0.25, 0.3) is 0 Å². The minimum atomic E-state index is -0.296. The number of benzene rings is 1. The molecule has 7 heteroatoms. The Bertz CT molecular complexity index is 753. The summed E-state index contributed by atoms with van der Waals surface area (Å²) < 4.78 is 15.5. The van der Waals surface area contributed by atoms with Gasteiger partial charge in [0.05, 0.1) is 30.2 Å². The number of aliphatic hydroxyl groups is 1. The number of aromatic nitrogens is 2. The van der Waals surface area contributed by atoms with Gasteiger partial charge in [0.15, 0.2) is 0 Å². The number of aryl methyl sites for hydroxylation is 1. The molecule has 0 spiro atoms. The Kier molecular flexibility index (Phi) is 5.34. The SMILES string of the molecule is CCn1c(CN(C)CC(=O)N2CCC(O)CC2)nc2cc(F)ccc21. The number of fused-ring (bicyclic) bond motifs is 1. The summed E-state index contributed by atoms with van der Waals surface area (Å²) in [6.07, 6.45) is 1.01. The van der Waals surface area contributed by atoms with Gasteiger partial charge < -0.3 is 14.6 Å². The Hall–Kier alpha value is -1.99. The Morgan fingerprint density at radius 2 is 2.12 bits per heavy atom. The number of piperidine rings is 1. The third kappa shape index (κ3) is 3.99. The number of imidazole rings is 1. The van der Waals surface area contributed by atoms with Gasteiger partial charge >= 0.3 is 0 Å². The van der Waals surface area contributed by atoms with Crippen LogP contribution in [0, 0.1) is 5.82 Å². The van der Waals surface area contributed by atoms with E-state index in [-0.39, 0.29) is 17.8 Å². The van der Waals surface area contributed by atoms with Crippen molar-refractivity contribution in [2.75, 3.05) is 26.7 Å². The van der Waals surface area contributed by atoms with Crippen LogP contribution in [0.5, 0.6) is 0 Å². The van der Waals surface area contributed by atoms with Gasteiger partial charge in [-0.15, -0.1) is 0 Å². The van der Waals surface area contributed by atoms with E-state index in [0.29, 0.717) is 44.5 Å². The average molecular weight is 348 g/mol. The Labute approximate surface area is 146 Å². The first-order chi connectivity index (χ1) is 12.0. The number of likely N-dealkylation sites (tertiary alicyclic amines) is 1. The highest BCUT2D eigenvalue weighted by molar-refractivity contribution is 5.78. The van der Waals surface area contributed by atoms with Crippen molar-refractivity contribution in [3.8, 4) is 0 Å². The normalized spacial score (nSPS) is 16.1. The summed E-state index contributed by atoms with van der Waals surface area (Å²) in [5, 5.41) is 9.55. The third-order valence-electron chi connectivity index (χ3n) is 4.74. The van der Waals surface area contributed by atoms with Gasteiger partial charge in [0.2, 0.25) is 5.91 Å². The summed E-state index contributed by atoms with van der Waals surface area (Å²) in [7, 11) is 1.89. The fourth-order valence-electron chi connectivity index (χ4n) is 3.37. The number of carbonyl (C=O) groups excluding carboxylic acids is 1. The lowest BCUT2D eigenvalue weighted by Crippen LogP contribution is -2.44. The number of likely N-dealkylation sites (N-methyl/N-ethyl adjacent to an activating group) is 1. The topological polar surface area (TPSA) is 61.6 Å². The largest absolute Gasteiger partial charge is 0.393 e. The van der Waals surface area contributed by atoms with Crippen molar-refractivity contribution in [3.63, 3.8) is 0 Å². The Morgan fingerprint density at radius 3 is 2.80 bits per heavy atom. The van der Waals surface area contributed by atoms with Crippen molar-refractivity contribution in [1.82, 2.24) is 19.4 Å². The van der Waals surface area contributed by atoms with Crippen molar-refractivity contribution < 1.29 is 14.3 Å². The van der Waals surface area contributed by atoms with E-state index in [1.807, 2.05) is 23.4 Å². The molecule has 0 unspecified atom stereocenters. The second-order valence-corrected chi connectivity index (χ2v) is 6.69. The van der Waals surface area contributed by atoms with Crippen LogP contribution in [0.3, 0.4) is 0 Å². The highest BCUT2D eigenvalue weighted by Crippen LogP contribution is 2.18. The first kappa shape index (κ1) is 17.8. The highest BCUT2D eigenvalue weighted by Gasteiger charge is 2.22. The molecule has 1 fully saturated rings. The van der Waals surface area contributed by atoms with E-state index in [9.17, 15) is 14.3 Å². The van der Waals surface area contributed by atoms with Crippen LogP contribution in [-0.4, -0.2) is 63.2 Å². The first-order valence-electron chi connectivity index (χ1n) is 8.77. The minimum Gasteiger partial charge on any atom is -0.393 e. The number of rotatable bonds is 5. The molecule has 2 heterocycles. The minimum absolute atomic E-state index is 0.0691. The molecule has 0 radical (unpaired) electrons. The predicted octanol–water partition coefficient (Wildman–Crippen LogP) is 1.61. The summed E-state index contributed by atoms with van der Waals surface area (Å²) in [5.41, 5.74) is 1.55. The van der Waals surface area contributed by atoms with E-state index < -0.39 is 0 Å². The van der Waals surface area contributed by atoms with Crippen LogP contribution in [0.25, 0.3) is 11.0 Å². The molecular weight excluding hydrogens is 323 g/mol.